The van der Waals surface area contributed by atoms with E-state index in [-0.39, 0.29) is 23.8 Å². The molecule has 1 amide bonds. The summed E-state index contributed by atoms with van der Waals surface area (Å²) in [5, 5.41) is 12.2. The van der Waals surface area contributed by atoms with Crippen LogP contribution in [-0.2, 0) is 16.1 Å². The molecule has 114 valence electrons. The van der Waals surface area contributed by atoms with Gasteiger partial charge in [0.2, 0.25) is 0 Å². The van der Waals surface area contributed by atoms with Crippen LogP contribution in [-0.4, -0.2) is 23.6 Å². The van der Waals surface area contributed by atoms with Crippen molar-refractivity contribution in [2.75, 3.05) is 6.61 Å². The van der Waals surface area contributed by atoms with Crippen LogP contribution >= 0.6 is 0 Å². The van der Waals surface area contributed by atoms with Crippen LogP contribution in [0.1, 0.15) is 21.5 Å². The minimum atomic E-state index is -0.648. The molecule has 0 spiro atoms. The van der Waals surface area contributed by atoms with Crippen molar-refractivity contribution in [3.05, 3.63) is 65.2 Å². The van der Waals surface area contributed by atoms with Gasteiger partial charge >= 0.3 is 5.97 Å². The number of hydrogen-bond acceptors (Lipinski definition) is 4. The van der Waals surface area contributed by atoms with Crippen molar-refractivity contribution in [3.63, 3.8) is 0 Å². The number of amides is 1. The van der Waals surface area contributed by atoms with Crippen LogP contribution in [0.15, 0.2) is 48.5 Å². The SMILES string of the molecule is Cc1ccc(C(=O)OCC(=O)NCc2ccccc2)cc1O. The van der Waals surface area contributed by atoms with Crippen molar-refractivity contribution >= 4 is 11.9 Å². The molecule has 0 atom stereocenters. The Kier molecular flexibility index (Phi) is 5.14. The number of hydrogen-bond donors (Lipinski definition) is 2. The average molecular weight is 299 g/mol. The number of rotatable bonds is 5. The van der Waals surface area contributed by atoms with Crippen LogP contribution in [0.2, 0.25) is 0 Å². The van der Waals surface area contributed by atoms with Crippen molar-refractivity contribution in [1.82, 2.24) is 5.32 Å². The average Bonchev–Trinajstić information content (AvgIpc) is 2.54. The second-order valence-electron chi connectivity index (χ2n) is 4.84. The molecular weight excluding hydrogens is 282 g/mol. The highest BCUT2D eigenvalue weighted by atomic mass is 16.5. The first-order valence-electron chi connectivity index (χ1n) is 6.83. The maximum absolute atomic E-state index is 11.8. The minimum absolute atomic E-state index is 0.0166. The molecule has 0 aliphatic rings. The molecule has 0 aliphatic carbocycles. The molecule has 2 N–H and O–H groups in total. The Balaban J connectivity index is 1.80. The summed E-state index contributed by atoms with van der Waals surface area (Å²) in [5.74, 6) is -1.01. The molecule has 5 nitrogen and oxygen atoms in total. The molecule has 2 aromatic rings. The molecule has 0 fully saturated rings. The summed E-state index contributed by atoms with van der Waals surface area (Å²) in [7, 11) is 0. The maximum Gasteiger partial charge on any atom is 0.338 e. The Morgan fingerprint density at radius 3 is 2.55 bits per heavy atom. The topological polar surface area (TPSA) is 75.6 Å². The lowest BCUT2D eigenvalue weighted by Gasteiger charge is -2.07. The van der Waals surface area contributed by atoms with Gasteiger partial charge in [0.1, 0.15) is 5.75 Å². The number of aromatic hydroxyl groups is 1. The van der Waals surface area contributed by atoms with Gasteiger partial charge in [-0.15, -0.1) is 0 Å². The Hall–Kier alpha value is -2.82. The van der Waals surface area contributed by atoms with Crippen LogP contribution < -0.4 is 5.32 Å². The highest BCUT2D eigenvalue weighted by Crippen LogP contribution is 2.17. The fraction of sp³-hybridized carbons (Fsp3) is 0.176. The number of phenols is 1. The van der Waals surface area contributed by atoms with Gasteiger partial charge in [-0.05, 0) is 30.2 Å². The lowest BCUT2D eigenvalue weighted by atomic mass is 10.1. The molecule has 5 heteroatoms. The van der Waals surface area contributed by atoms with Crippen molar-refractivity contribution in [2.45, 2.75) is 13.5 Å². The summed E-state index contributed by atoms with van der Waals surface area (Å²) in [4.78, 5) is 23.4. The molecule has 0 bridgehead atoms. The van der Waals surface area contributed by atoms with Gasteiger partial charge in [0.15, 0.2) is 6.61 Å². The quantitative estimate of drug-likeness (QED) is 0.830. The molecule has 0 heterocycles. The van der Waals surface area contributed by atoms with E-state index >= 15 is 0 Å². The Labute approximate surface area is 128 Å². The smallest absolute Gasteiger partial charge is 0.338 e. The largest absolute Gasteiger partial charge is 0.508 e. The van der Waals surface area contributed by atoms with E-state index in [9.17, 15) is 14.7 Å². The lowest BCUT2D eigenvalue weighted by Crippen LogP contribution is -2.28. The van der Waals surface area contributed by atoms with Gasteiger partial charge in [0.25, 0.3) is 5.91 Å². The third-order valence-electron chi connectivity index (χ3n) is 3.11. The number of nitrogens with one attached hydrogen (secondary N) is 1. The van der Waals surface area contributed by atoms with E-state index in [2.05, 4.69) is 5.32 Å². The van der Waals surface area contributed by atoms with Gasteiger partial charge in [0.05, 0.1) is 5.56 Å². The first-order valence-corrected chi connectivity index (χ1v) is 6.83. The van der Waals surface area contributed by atoms with E-state index in [1.54, 1.807) is 19.1 Å². The van der Waals surface area contributed by atoms with Gasteiger partial charge in [-0.2, -0.15) is 0 Å². The summed E-state index contributed by atoms with van der Waals surface area (Å²) >= 11 is 0. The monoisotopic (exact) mass is 299 g/mol. The number of carbonyl (C=O) groups is 2. The van der Waals surface area contributed by atoms with Crippen LogP contribution in [0.4, 0.5) is 0 Å². The molecule has 0 saturated carbocycles. The van der Waals surface area contributed by atoms with Crippen molar-refractivity contribution in [3.8, 4) is 5.75 Å². The van der Waals surface area contributed by atoms with E-state index < -0.39 is 5.97 Å². The van der Waals surface area contributed by atoms with E-state index in [1.165, 1.54) is 6.07 Å². The number of esters is 1. The van der Waals surface area contributed by atoms with Crippen LogP contribution in [0.5, 0.6) is 5.75 Å². The fourth-order valence-electron chi connectivity index (χ4n) is 1.80. The van der Waals surface area contributed by atoms with Gasteiger partial charge in [-0.1, -0.05) is 36.4 Å². The fourth-order valence-corrected chi connectivity index (χ4v) is 1.80. The van der Waals surface area contributed by atoms with E-state index in [1.807, 2.05) is 30.3 Å². The second kappa shape index (κ2) is 7.26. The number of ether oxygens (including phenoxy) is 1. The maximum atomic E-state index is 11.8. The van der Waals surface area contributed by atoms with Gasteiger partial charge in [-0.25, -0.2) is 4.79 Å². The third kappa shape index (κ3) is 4.34. The Morgan fingerprint density at radius 2 is 1.86 bits per heavy atom. The van der Waals surface area contributed by atoms with E-state index in [0.717, 1.165) is 5.56 Å². The van der Waals surface area contributed by atoms with Gasteiger partial charge in [0, 0.05) is 6.54 Å². The molecule has 2 rings (SSSR count). The summed E-state index contributed by atoms with van der Waals surface area (Å²) in [5.41, 5.74) is 1.83. The number of phenolic OH excluding ortho intramolecular Hbond substituents is 1. The van der Waals surface area contributed by atoms with Gasteiger partial charge in [-0.3, -0.25) is 4.79 Å². The zero-order valence-corrected chi connectivity index (χ0v) is 12.2. The summed E-state index contributed by atoms with van der Waals surface area (Å²) < 4.78 is 4.91. The molecule has 0 aliphatic heterocycles. The molecule has 2 aromatic carbocycles. The van der Waals surface area contributed by atoms with Crippen LogP contribution in [0.25, 0.3) is 0 Å². The number of benzene rings is 2. The molecular formula is C17H17NO4. The van der Waals surface area contributed by atoms with E-state index in [4.69, 9.17) is 4.74 Å². The Bertz CT molecular complexity index is 668. The summed E-state index contributed by atoms with van der Waals surface area (Å²) in [6.45, 7) is 1.74. The van der Waals surface area contributed by atoms with Crippen molar-refractivity contribution < 1.29 is 19.4 Å². The minimum Gasteiger partial charge on any atom is -0.508 e. The zero-order valence-electron chi connectivity index (χ0n) is 12.2. The molecule has 0 aromatic heterocycles. The highest BCUT2D eigenvalue weighted by molar-refractivity contribution is 5.91. The predicted molar refractivity (Wildman–Crippen MR) is 81.4 cm³/mol. The highest BCUT2D eigenvalue weighted by Gasteiger charge is 2.11. The molecule has 0 unspecified atom stereocenters. The normalized spacial score (nSPS) is 10.0. The van der Waals surface area contributed by atoms with Gasteiger partial charge < -0.3 is 15.2 Å². The molecule has 22 heavy (non-hydrogen) atoms. The lowest BCUT2D eigenvalue weighted by molar-refractivity contribution is -0.124. The zero-order chi connectivity index (χ0) is 15.9. The summed E-state index contributed by atoms with van der Waals surface area (Å²) in [6.07, 6.45) is 0. The third-order valence-corrected chi connectivity index (χ3v) is 3.11. The number of carbonyl (C=O) groups excluding carboxylic acids is 2. The first kappa shape index (κ1) is 15.6. The first-order chi connectivity index (χ1) is 10.6. The predicted octanol–water partition coefficient (Wildman–Crippen LogP) is 2.17. The molecule has 0 saturated heterocycles. The van der Waals surface area contributed by atoms with Crippen LogP contribution in [0.3, 0.4) is 0 Å². The van der Waals surface area contributed by atoms with E-state index in [0.29, 0.717) is 12.1 Å². The molecule has 0 radical (unpaired) electrons. The Morgan fingerprint density at radius 1 is 1.14 bits per heavy atom. The number of aryl methyl sites for hydroxylation is 1. The summed E-state index contributed by atoms with van der Waals surface area (Å²) in [6, 6.07) is 13.9. The standard InChI is InChI=1S/C17H17NO4/c1-12-7-8-14(9-15(12)19)17(21)22-11-16(20)18-10-13-5-3-2-4-6-13/h2-9,19H,10-11H2,1H3,(H,18,20). The van der Waals surface area contributed by atoms with Crippen LogP contribution in [0, 0.1) is 6.92 Å². The van der Waals surface area contributed by atoms with Crippen molar-refractivity contribution in [2.24, 2.45) is 0 Å². The second-order valence-corrected chi connectivity index (χ2v) is 4.84. The van der Waals surface area contributed by atoms with Crippen molar-refractivity contribution in [1.29, 1.82) is 0 Å².